The van der Waals surface area contributed by atoms with Crippen molar-refractivity contribution in [3.8, 4) is 0 Å². The number of rotatable bonds is 5. The van der Waals surface area contributed by atoms with Crippen LogP contribution in [0.15, 0.2) is 24.3 Å². The molecule has 104 valence electrons. The first kappa shape index (κ1) is 14.0. The Balaban J connectivity index is 1.79. The van der Waals surface area contributed by atoms with Gasteiger partial charge in [0.05, 0.1) is 12.5 Å². The molecule has 19 heavy (non-hydrogen) atoms. The summed E-state index contributed by atoms with van der Waals surface area (Å²) >= 11 is 0. The van der Waals surface area contributed by atoms with Gasteiger partial charge < -0.3 is 15.4 Å². The van der Waals surface area contributed by atoms with Gasteiger partial charge in [0.25, 0.3) is 0 Å². The number of carbonyl (C=O) groups is 1. The molecule has 1 aliphatic rings. The Bertz CT molecular complexity index is 397. The zero-order chi connectivity index (χ0) is 13.5. The average Bonchev–Trinajstić information content (AvgIpc) is 2.47. The smallest absolute Gasteiger partial charge is 0.224 e. The SMILES string of the molecule is COCc1ccc(CNC(=O)C2CCCNC2)cc1. The summed E-state index contributed by atoms with van der Waals surface area (Å²) < 4.78 is 5.07. The first-order chi connectivity index (χ1) is 9.29. The van der Waals surface area contributed by atoms with E-state index in [9.17, 15) is 4.79 Å². The van der Waals surface area contributed by atoms with Gasteiger partial charge in [-0.05, 0) is 30.5 Å². The predicted molar refractivity (Wildman–Crippen MR) is 74.6 cm³/mol. The van der Waals surface area contributed by atoms with Crippen LogP contribution < -0.4 is 10.6 Å². The van der Waals surface area contributed by atoms with E-state index < -0.39 is 0 Å². The van der Waals surface area contributed by atoms with E-state index in [1.807, 2.05) is 24.3 Å². The van der Waals surface area contributed by atoms with Crippen molar-refractivity contribution in [2.45, 2.75) is 26.0 Å². The van der Waals surface area contributed by atoms with E-state index in [0.717, 1.165) is 37.1 Å². The second kappa shape index (κ2) is 7.26. The molecule has 1 amide bonds. The molecule has 2 N–H and O–H groups in total. The van der Waals surface area contributed by atoms with Crippen molar-refractivity contribution in [3.63, 3.8) is 0 Å². The summed E-state index contributed by atoms with van der Waals surface area (Å²) in [5.41, 5.74) is 2.27. The summed E-state index contributed by atoms with van der Waals surface area (Å²) in [6.45, 7) is 3.06. The molecule has 1 unspecified atom stereocenters. The van der Waals surface area contributed by atoms with Gasteiger partial charge in [0.15, 0.2) is 0 Å². The third-order valence-corrected chi connectivity index (χ3v) is 3.47. The van der Waals surface area contributed by atoms with Crippen molar-refractivity contribution < 1.29 is 9.53 Å². The standard InChI is InChI=1S/C15H22N2O2/c1-19-11-13-6-4-12(5-7-13)9-17-15(18)14-3-2-8-16-10-14/h4-7,14,16H,2-3,8-11H2,1H3,(H,17,18). The van der Waals surface area contributed by atoms with Gasteiger partial charge in [-0.1, -0.05) is 24.3 Å². The quantitative estimate of drug-likeness (QED) is 0.844. The molecule has 1 atom stereocenters. The third kappa shape index (κ3) is 4.33. The molecular formula is C15H22N2O2. The molecule has 2 rings (SSSR count). The molecule has 1 aromatic carbocycles. The maximum Gasteiger partial charge on any atom is 0.224 e. The molecule has 1 heterocycles. The normalized spacial score (nSPS) is 19.1. The van der Waals surface area contributed by atoms with E-state index in [1.165, 1.54) is 0 Å². The van der Waals surface area contributed by atoms with Gasteiger partial charge in [0.2, 0.25) is 5.91 Å². The number of nitrogens with one attached hydrogen (secondary N) is 2. The third-order valence-electron chi connectivity index (χ3n) is 3.47. The lowest BCUT2D eigenvalue weighted by atomic mass is 9.99. The summed E-state index contributed by atoms with van der Waals surface area (Å²) in [6, 6.07) is 8.14. The molecule has 4 heteroatoms. The minimum atomic E-state index is 0.126. The van der Waals surface area contributed by atoms with Crippen LogP contribution in [0.3, 0.4) is 0 Å². The van der Waals surface area contributed by atoms with E-state index in [0.29, 0.717) is 13.2 Å². The monoisotopic (exact) mass is 262 g/mol. The van der Waals surface area contributed by atoms with Crippen LogP contribution in [0.4, 0.5) is 0 Å². The molecule has 0 aromatic heterocycles. The molecule has 1 saturated heterocycles. The second-order valence-electron chi connectivity index (χ2n) is 5.01. The predicted octanol–water partition coefficient (Wildman–Crippen LogP) is 1.45. The number of benzene rings is 1. The number of ether oxygens (including phenoxy) is 1. The van der Waals surface area contributed by atoms with Crippen LogP contribution in [0.2, 0.25) is 0 Å². The topological polar surface area (TPSA) is 50.4 Å². The minimum absolute atomic E-state index is 0.126. The Hall–Kier alpha value is -1.39. The van der Waals surface area contributed by atoms with E-state index >= 15 is 0 Å². The van der Waals surface area contributed by atoms with Gasteiger partial charge in [-0.3, -0.25) is 4.79 Å². The fourth-order valence-electron chi connectivity index (χ4n) is 2.33. The van der Waals surface area contributed by atoms with Crippen molar-refractivity contribution in [1.29, 1.82) is 0 Å². The van der Waals surface area contributed by atoms with Crippen LogP contribution in [-0.2, 0) is 22.7 Å². The molecule has 0 saturated carbocycles. The molecule has 0 aliphatic carbocycles. The summed E-state index contributed by atoms with van der Waals surface area (Å²) in [6.07, 6.45) is 2.08. The Morgan fingerprint density at radius 2 is 2.11 bits per heavy atom. The summed E-state index contributed by atoms with van der Waals surface area (Å²) in [7, 11) is 1.69. The van der Waals surface area contributed by atoms with Crippen molar-refractivity contribution >= 4 is 5.91 Å². The fraction of sp³-hybridized carbons (Fsp3) is 0.533. The summed E-state index contributed by atoms with van der Waals surface area (Å²) in [5.74, 6) is 0.287. The number of methoxy groups -OCH3 is 1. The highest BCUT2D eigenvalue weighted by Gasteiger charge is 2.20. The van der Waals surface area contributed by atoms with Crippen LogP contribution in [-0.4, -0.2) is 26.1 Å². The lowest BCUT2D eigenvalue weighted by molar-refractivity contribution is -0.125. The van der Waals surface area contributed by atoms with E-state index in [-0.39, 0.29) is 11.8 Å². The van der Waals surface area contributed by atoms with Gasteiger partial charge in [-0.25, -0.2) is 0 Å². The molecule has 4 nitrogen and oxygen atoms in total. The molecule has 1 aliphatic heterocycles. The van der Waals surface area contributed by atoms with Gasteiger partial charge in [0, 0.05) is 20.2 Å². The van der Waals surface area contributed by atoms with Crippen molar-refractivity contribution in [2.24, 2.45) is 5.92 Å². The maximum atomic E-state index is 12.0. The van der Waals surface area contributed by atoms with Crippen molar-refractivity contribution in [3.05, 3.63) is 35.4 Å². The van der Waals surface area contributed by atoms with Crippen LogP contribution in [0.5, 0.6) is 0 Å². The molecule has 1 fully saturated rings. The van der Waals surface area contributed by atoms with Gasteiger partial charge in [-0.2, -0.15) is 0 Å². The highest BCUT2D eigenvalue weighted by Crippen LogP contribution is 2.10. The number of amides is 1. The van der Waals surface area contributed by atoms with Crippen LogP contribution in [0, 0.1) is 5.92 Å². The molecule has 0 radical (unpaired) electrons. The Morgan fingerprint density at radius 3 is 2.74 bits per heavy atom. The van der Waals surface area contributed by atoms with E-state index in [4.69, 9.17) is 4.74 Å². The first-order valence-corrected chi connectivity index (χ1v) is 6.85. The molecule has 1 aromatic rings. The maximum absolute atomic E-state index is 12.0. The molecule has 0 spiro atoms. The molecular weight excluding hydrogens is 240 g/mol. The van der Waals surface area contributed by atoms with Crippen LogP contribution >= 0.6 is 0 Å². The summed E-state index contributed by atoms with van der Waals surface area (Å²) in [4.78, 5) is 12.0. The zero-order valence-electron chi connectivity index (χ0n) is 11.4. The highest BCUT2D eigenvalue weighted by atomic mass is 16.5. The fourth-order valence-corrected chi connectivity index (χ4v) is 2.33. The van der Waals surface area contributed by atoms with Gasteiger partial charge >= 0.3 is 0 Å². The minimum Gasteiger partial charge on any atom is -0.380 e. The molecule has 0 bridgehead atoms. The largest absolute Gasteiger partial charge is 0.380 e. The number of hydrogen-bond donors (Lipinski definition) is 2. The van der Waals surface area contributed by atoms with Crippen LogP contribution in [0.1, 0.15) is 24.0 Å². The second-order valence-corrected chi connectivity index (χ2v) is 5.01. The van der Waals surface area contributed by atoms with E-state index in [2.05, 4.69) is 10.6 Å². The average molecular weight is 262 g/mol. The van der Waals surface area contributed by atoms with Gasteiger partial charge in [-0.15, -0.1) is 0 Å². The Labute approximate surface area is 114 Å². The van der Waals surface area contributed by atoms with Crippen LogP contribution in [0.25, 0.3) is 0 Å². The number of carbonyl (C=O) groups excluding carboxylic acids is 1. The Morgan fingerprint density at radius 1 is 1.37 bits per heavy atom. The lowest BCUT2D eigenvalue weighted by Gasteiger charge is -2.21. The Kier molecular flexibility index (Phi) is 5.36. The summed E-state index contributed by atoms with van der Waals surface area (Å²) in [5, 5.41) is 6.27. The van der Waals surface area contributed by atoms with Crippen molar-refractivity contribution in [1.82, 2.24) is 10.6 Å². The highest BCUT2D eigenvalue weighted by molar-refractivity contribution is 5.78. The lowest BCUT2D eigenvalue weighted by Crippen LogP contribution is -2.40. The number of hydrogen-bond acceptors (Lipinski definition) is 3. The van der Waals surface area contributed by atoms with Gasteiger partial charge in [0.1, 0.15) is 0 Å². The van der Waals surface area contributed by atoms with Crippen molar-refractivity contribution in [2.75, 3.05) is 20.2 Å². The zero-order valence-corrected chi connectivity index (χ0v) is 11.4. The number of piperidine rings is 1. The van der Waals surface area contributed by atoms with E-state index in [1.54, 1.807) is 7.11 Å². The first-order valence-electron chi connectivity index (χ1n) is 6.85.